The summed E-state index contributed by atoms with van der Waals surface area (Å²) in [6.07, 6.45) is 1.73. The van der Waals surface area contributed by atoms with Crippen molar-refractivity contribution in [2.24, 2.45) is 0 Å². The Bertz CT molecular complexity index is 1500. The maximum atomic E-state index is 13.7. The zero-order valence-corrected chi connectivity index (χ0v) is 20.1. The molecule has 4 aromatic carbocycles. The van der Waals surface area contributed by atoms with E-state index in [-0.39, 0.29) is 11.5 Å². The fourth-order valence-electron chi connectivity index (χ4n) is 4.44. The molecule has 0 aromatic heterocycles. The Morgan fingerprint density at radius 3 is 2.31 bits per heavy atom. The van der Waals surface area contributed by atoms with Crippen LogP contribution in [0.1, 0.15) is 18.1 Å². The molecule has 0 unspecified atom stereocenters. The van der Waals surface area contributed by atoms with Crippen LogP contribution in [-0.2, 0) is 20.9 Å². The first-order valence-corrected chi connectivity index (χ1v) is 11.7. The number of nitrogens with zero attached hydrogens (tertiary/aromatic N) is 1. The summed E-state index contributed by atoms with van der Waals surface area (Å²) in [6.45, 7) is 2.24. The lowest BCUT2D eigenvalue weighted by molar-refractivity contribution is -0.136. The number of benzene rings is 4. The molecule has 0 saturated carbocycles. The third-order valence-corrected chi connectivity index (χ3v) is 6.24. The summed E-state index contributed by atoms with van der Waals surface area (Å²) in [6, 6.07) is 31.0. The van der Waals surface area contributed by atoms with Gasteiger partial charge in [-0.2, -0.15) is 0 Å². The predicted octanol–water partition coefficient (Wildman–Crippen LogP) is 6.30. The van der Waals surface area contributed by atoms with Crippen LogP contribution in [-0.4, -0.2) is 19.0 Å². The fraction of sp³-hybridized carbons (Fsp3) is 0.0968. The molecule has 178 valence electrons. The number of fused-ring (bicyclic) bond motifs is 1. The SMILES string of the molecule is COC(=O)C1=C(C)N(c2cccc3ccccc23)C(=O)/C1=C\c1ccc(OCc2ccccc2)cc1. The van der Waals surface area contributed by atoms with Gasteiger partial charge in [0.15, 0.2) is 0 Å². The Morgan fingerprint density at radius 2 is 1.56 bits per heavy atom. The zero-order valence-electron chi connectivity index (χ0n) is 20.1. The summed E-state index contributed by atoms with van der Waals surface area (Å²) in [5, 5.41) is 1.94. The summed E-state index contributed by atoms with van der Waals surface area (Å²) in [5.41, 5.74) is 3.68. The van der Waals surface area contributed by atoms with Gasteiger partial charge < -0.3 is 9.47 Å². The van der Waals surface area contributed by atoms with Gasteiger partial charge in [-0.1, -0.05) is 78.9 Å². The topological polar surface area (TPSA) is 55.8 Å². The monoisotopic (exact) mass is 475 g/mol. The van der Waals surface area contributed by atoms with Crippen molar-refractivity contribution in [3.8, 4) is 5.75 Å². The highest BCUT2D eigenvalue weighted by atomic mass is 16.5. The van der Waals surface area contributed by atoms with Crippen molar-refractivity contribution in [1.29, 1.82) is 0 Å². The van der Waals surface area contributed by atoms with E-state index >= 15 is 0 Å². The molecule has 0 aliphatic carbocycles. The quantitative estimate of drug-likeness (QED) is 0.243. The third kappa shape index (κ3) is 4.39. The zero-order chi connectivity index (χ0) is 25.1. The number of carbonyl (C=O) groups is 2. The molecule has 0 N–H and O–H groups in total. The lowest BCUT2D eigenvalue weighted by Gasteiger charge is -2.20. The van der Waals surface area contributed by atoms with Gasteiger partial charge in [-0.25, -0.2) is 4.79 Å². The number of ether oxygens (including phenoxy) is 2. The lowest BCUT2D eigenvalue weighted by Crippen LogP contribution is -2.24. The van der Waals surface area contributed by atoms with Crippen molar-refractivity contribution in [3.05, 3.63) is 125 Å². The number of methoxy groups -OCH3 is 1. The van der Waals surface area contributed by atoms with Gasteiger partial charge in [0.25, 0.3) is 5.91 Å². The highest BCUT2D eigenvalue weighted by Crippen LogP contribution is 2.38. The molecule has 0 bridgehead atoms. The van der Waals surface area contributed by atoms with Crippen LogP contribution in [0.3, 0.4) is 0 Å². The molecule has 36 heavy (non-hydrogen) atoms. The first-order valence-electron chi connectivity index (χ1n) is 11.7. The number of esters is 1. The van der Waals surface area contributed by atoms with E-state index in [1.807, 2.05) is 97.1 Å². The summed E-state index contributed by atoms with van der Waals surface area (Å²) in [4.78, 5) is 28.1. The number of amides is 1. The normalized spacial score (nSPS) is 14.6. The third-order valence-electron chi connectivity index (χ3n) is 6.24. The van der Waals surface area contributed by atoms with Crippen molar-refractivity contribution in [2.75, 3.05) is 12.0 Å². The second-order valence-electron chi connectivity index (χ2n) is 8.49. The van der Waals surface area contributed by atoms with E-state index in [2.05, 4.69) is 0 Å². The van der Waals surface area contributed by atoms with Crippen molar-refractivity contribution in [1.82, 2.24) is 0 Å². The minimum absolute atomic E-state index is 0.264. The first kappa shape index (κ1) is 23.1. The molecule has 1 aliphatic heterocycles. The van der Waals surface area contributed by atoms with Gasteiger partial charge in [0.2, 0.25) is 0 Å². The fourth-order valence-corrected chi connectivity index (χ4v) is 4.44. The highest BCUT2D eigenvalue weighted by Gasteiger charge is 2.38. The molecule has 0 fully saturated rings. The molecule has 0 radical (unpaired) electrons. The second kappa shape index (κ2) is 9.92. The molecule has 5 nitrogen and oxygen atoms in total. The lowest BCUT2D eigenvalue weighted by atomic mass is 10.0. The molecular formula is C31H25NO4. The molecule has 4 aromatic rings. The van der Waals surface area contributed by atoms with Gasteiger partial charge in [-0.15, -0.1) is 0 Å². The van der Waals surface area contributed by atoms with Crippen molar-refractivity contribution in [3.63, 3.8) is 0 Å². The van der Waals surface area contributed by atoms with E-state index < -0.39 is 5.97 Å². The van der Waals surface area contributed by atoms with Crippen molar-refractivity contribution >= 4 is 34.4 Å². The molecule has 0 saturated heterocycles. The number of rotatable bonds is 6. The van der Waals surface area contributed by atoms with E-state index in [0.717, 1.165) is 33.3 Å². The maximum Gasteiger partial charge on any atom is 0.340 e. The molecular weight excluding hydrogens is 450 g/mol. The van der Waals surface area contributed by atoms with Crippen LogP contribution in [0.5, 0.6) is 5.75 Å². The number of anilines is 1. The maximum absolute atomic E-state index is 13.7. The number of hydrogen-bond acceptors (Lipinski definition) is 4. The van der Waals surface area contributed by atoms with Crippen molar-refractivity contribution in [2.45, 2.75) is 13.5 Å². The van der Waals surface area contributed by atoms with Gasteiger partial charge in [-0.05, 0) is 47.7 Å². The minimum atomic E-state index is -0.544. The minimum Gasteiger partial charge on any atom is -0.489 e. The molecule has 5 rings (SSSR count). The average molecular weight is 476 g/mol. The Morgan fingerprint density at radius 1 is 0.861 bits per heavy atom. The van der Waals surface area contributed by atoms with Crippen molar-refractivity contribution < 1.29 is 19.1 Å². The van der Waals surface area contributed by atoms with E-state index in [1.54, 1.807) is 17.9 Å². The number of hydrogen-bond donors (Lipinski definition) is 0. The molecule has 1 aliphatic rings. The molecule has 1 heterocycles. The first-order chi connectivity index (χ1) is 17.6. The molecule has 0 spiro atoms. The van der Waals surface area contributed by atoms with Crippen LogP contribution in [0.15, 0.2) is 114 Å². The van der Waals surface area contributed by atoms with Crippen LogP contribution in [0.4, 0.5) is 5.69 Å². The van der Waals surface area contributed by atoms with E-state index in [9.17, 15) is 9.59 Å². The predicted molar refractivity (Wildman–Crippen MR) is 141 cm³/mol. The van der Waals surface area contributed by atoms with Gasteiger partial charge in [-0.3, -0.25) is 9.69 Å². The largest absolute Gasteiger partial charge is 0.489 e. The Balaban J connectivity index is 1.47. The summed E-state index contributed by atoms with van der Waals surface area (Å²) < 4.78 is 10.9. The van der Waals surface area contributed by atoms with Gasteiger partial charge in [0.1, 0.15) is 12.4 Å². The summed E-state index contributed by atoms with van der Waals surface area (Å²) >= 11 is 0. The number of allylic oxidation sites excluding steroid dienone is 1. The van der Waals surface area contributed by atoms with Crippen LogP contribution < -0.4 is 9.64 Å². The van der Waals surface area contributed by atoms with E-state index in [0.29, 0.717) is 17.9 Å². The van der Waals surface area contributed by atoms with Gasteiger partial charge in [0, 0.05) is 11.1 Å². The van der Waals surface area contributed by atoms with E-state index in [4.69, 9.17) is 9.47 Å². The molecule has 5 heteroatoms. The summed E-state index contributed by atoms with van der Waals surface area (Å²) in [7, 11) is 1.32. The number of carbonyl (C=O) groups excluding carboxylic acids is 2. The van der Waals surface area contributed by atoms with Crippen LogP contribution >= 0.6 is 0 Å². The highest BCUT2D eigenvalue weighted by molar-refractivity contribution is 6.25. The second-order valence-corrected chi connectivity index (χ2v) is 8.49. The average Bonchev–Trinajstić information content (AvgIpc) is 3.16. The molecule has 0 atom stereocenters. The molecule has 1 amide bonds. The van der Waals surface area contributed by atoms with Crippen LogP contribution in [0.25, 0.3) is 16.8 Å². The standard InChI is InChI=1S/C31H25NO4/c1-21-29(31(34)35-2)27(30(33)32(21)28-14-8-12-24-11-6-7-13-26(24)28)19-22-15-17-25(18-16-22)36-20-23-9-4-3-5-10-23/h3-19H,20H2,1-2H3/b27-19-. The smallest absolute Gasteiger partial charge is 0.340 e. The van der Waals surface area contributed by atoms with Crippen LogP contribution in [0.2, 0.25) is 0 Å². The van der Waals surface area contributed by atoms with Crippen LogP contribution in [0, 0.1) is 0 Å². The van der Waals surface area contributed by atoms with E-state index in [1.165, 1.54) is 7.11 Å². The Labute approximate surface area is 209 Å². The van der Waals surface area contributed by atoms with Gasteiger partial charge >= 0.3 is 5.97 Å². The Hall–Kier alpha value is -4.64. The summed E-state index contributed by atoms with van der Waals surface area (Å²) in [5.74, 6) is -0.0950. The Kier molecular flexibility index (Phi) is 6.37. The van der Waals surface area contributed by atoms with Gasteiger partial charge in [0.05, 0.1) is 23.9 Å².